The van der Waals surface area contributed by atoms with Crippen molar-refractivity contribution in [2.75, 3.05) is 18.0 Å². The van der Waals surface area contributed by atoms with Crippen molar-refractivity contribution >= 4 is 5.82 Å². The van der Waals surface area contributed by atoms with E-state index in [1.54, 1.807) is 0 Å². The maximum Gasteiger partial charge on any atom is 0.126 e. The molecule has 0 radical (unpaired) electrons. The first-order chi connectivity index (χ1) is 10.1. The zero-order valence-corrected chi connectivity index (χ0v) is 13.1. The summed E-state index contributed by atoms with van der Waals surface area (Å²) in [6, 6.07) is 2.61. The first kappa shape index (κ1) is 14.1. The fraction of sp³-hybridized carbons (Fsp3) is 0.600. The quantitative estimate of drug-likeness (QED) is 0.919. The van der Waals surface area contributed by atoms with Gasteiger partial charge < -0.3 is 10.2 Å². The highest BCUT2D eigenvalue weighted by Gasteiger charge is 2.21. The fourth-order valence-electron chi connectivity index (χ4n) is 3.10. The summed E-state index contributed by atoms with van der Waals surface area (Å²) >= 11 is 0. The second-order valence-corrected chi connectivity index (χ2v) is 5.88. The molecule has 3 rings (SSSR count). The molecule has 1 fully saturated rings. The molecule has 3 heterocycles. The van der Waals surface area contributed by atoms with Gasteiger partial charge in [-0.3, -0.25) is 9.36 Å². The van der Waals surface area contributed by atoms with Gasteiger partial charge in [0, 0.05) is 45.8 Å². The van der Waals surface area contributed by atoms with Gasteiger partial charge in [0.05, 0.1) is 18.1 Å². The molecule has 1 N–H and O–H groups in total. The van der Waals surface area contributed by atoms with Gasteiger partial charge in [-0.05, 0) is 25.3 Å². The summed E-state index contributed by atoms with van der Waals surface area (Å²) in [6.45, 7) is 5.15. The predicted octanol–water partition coefficient (Wildman–Crippen LogP) is 1.22. The summed E-state index contributed by atoms with van der Waals surface area (Å²) in [6.07, 6.45) is 6.24. The minimum atomic E-state index is 0.517. The van der Waals surface area contributed by atoms with Crippen molar-refractivity contribution in [2.45, 2.75) is 32.4 Å². The monoisotopic (exact) mass is 288 g/mol. The third-order valence-corrected chi connectivity index (χ3v) is 4.37. The average Bonchev–Trinajstić information content (AvgIpc) is 3.04. The first-order valence-electron chi connectivity index (χ1n) is 7.59. The smallest absolute Gasteiger partial charge is 0.126 e. The molecule has 0 aliphatic carbocycles. The highest BCUT2D eigenvalue weighted by Crippen LogP contribution is 2.19. The van der Waals surface area contributed by atoms with Crippen LogP contribution in [0, 0.1) is 6.92 Å². The second-order valence-electron chi connectivity index (χ2n) is 5.88. The minimum absolute atomic E-state index is 0.517. The summed E-state index contributed by atoms with van der Waals surface area (Å²) in [5, 5.41) is 12.3. The molecule has 2 aromatic heterocycles. The highest BCUT2D eigenvalue weighted by atomic mass is 15.4. The Labute approximate surface area is 125 Å². The molecule has 0 spiro atoms. The Morgan fingerprint density at radius 2 is 2.14 bits per heavy atom. The summed E-state index contributed by atoms with van der Waals surface area (Å²) in [5.41, 5.74) is 2.52. The van der Waals surface area contributed by atoms with E-state index >= 15 is 0 Å². The lowest BCUT2D eigenvalue weighted by Gasteiger charge is -2.34. The summed E-state index contributed by atoms with van der Waals surface area (Å²) in [7, 11) is 4.01. The van der Waals surface area contributed by atoms with E-state index in [0.717, 1.165) is 19.6 Å². The summed E-state index contributed by atoms with van der Waals surface area (Å²) < 4.78 is 3.91. The average molecular weight is 288 g/mol. The Kier molecular flexibility index (Phi) is 3.96. The van der Waals surface area contributed by atoms with Gasteiger partial charge >= 0.3 is 0 Å². The molecule has 21 heavy (non-hydrogen) atoms. The maximum atomic E-state index is 4.30. The van der Waals surface area contributed by atoms with Crippen LogP contribution in [0.3, 0.4) is 0 Å². The maximum absolute atomic E-state index is 4.30. The summed E-state index contributed by atoms with van der Waals surface area (Å²) in [4.78, 5) is 2.42. The Bertz CT molecular complexity index is 580. The van der Waals surface area contributed by atoms with Crippen molar-refractivity contribution in [1.29, 1.82) is 0 Å². The number of aromatic nitrogens is 4. The van der Waals surface area contributed by atoms with Crippen LogP contribution in [0.5, 0.6) is 0 Å². The predicted molar refractivity (Wildman–Crippen MR) is 83.2 cm³/mol. The molecule has 0 saturated carbocycles. The number of aryl methyl sites for hydroxylation is 3. The topological polar surface area (TPSA) is 50.9 Å². The van der Waals surface area contributed by atoms with E-state index in [9.17, 15) is 0 Å². The van der Waals surface area contributed by atoms with E-state index in [0.29, 0.717) is 6.04 Å². The lowest BCUT2D eigenvalue weighted by Crippen LogP contribution is -2.46. The van der Waals surface area contributed by atoms with Gasteiger partial charge in [0.15, 0.2) is 0 Å². The van der Waals surface area contributed by atoms with Gasteiger partial charge in [0.25, 0.3) is 0 Å². The third-order valence-electron chi connectivity index (χ3n) is 4.37. The summed E-state index contributed by atoms with van der Waals surface area (Å²) in [5.74, 6) is 1.21. The van der Waals surface area contributed by atoms with Crippen molar-refractivity contribution in [3.63, 3.8) is 0 Å². The van der Waals surface area contributed by atoms with Crippen LogP contribution in [0.2, 0.25) is 0 Å². The van der Waals surface area contributed by atoms with E-state index in [1.165, 1.54) is 29.9 Å². The van der Waals surface area contributed by atoms with Gasteiger partial charge in [-0.25, -0.2) is 0 Å². The van der Waals surface area contributed by atoms with Gasteiger partial charge in [-0.15, -0.1) is 0 Å². The van der Waals surface area contributed by atoms with E-state index in [4.69, 9.17) is 0 Å². The molecule has 0 bridgehead atoms. The fourth-order valence-corrected chi connectivity index (χ4v) is 3.10. The normalized spacial score (nSPS) is 19.2. The molecule has 0 unspecified atom stereocenters. The van der Waals surface area contributed by atoms with E-state index in [-0.39, 0.29) is 0 Å². The standard InChI is InChI=1S/C15H24N6/c1-12-9-18-19(2)14(12)10-16-13-5-4-8-21(11-13)15-6-7-17-20(15)3/h6-7,9,13,16H,4-5,8,10-11H2,1-3H3/t13-/m1/s1. The third kappa shape index (κ3) is 2.95. The lowest BCUT2D eigenvalue weighted by atomic mass is 10.1. The van der Waals surface area contributed by atoms with Gasteiger partial charge in [0.1, 0.15) is 5.82 Å². The van der Waals surface area contributed by atoms with E-state index in [2.05, 4.69) is 33.4 Å². The Morgan fingerprint density at radius 3 is 2.81 bits per heavy atom. The number of hydrogen-bond donors (Lipinski definition) is 1. The lowest BCUT2D eigenvalue weighted by molar-refractivity contribution is 0.411. The van der Waals surface area contributed by atoms with Crippen LogP contribution in [0.4, 0.5) is 5.82 Å². The van der Waals surface area contributed by atoms with Crippen LogP contribution >= 0.6 is 0 Å². The molecule has 0 amide bonds. The van der Waals surface area contributed by atoms with Crippen LogP contribution in [0.25, 0.3) is 0 Å². The van der Waals surface area contributed by atoms with Crippen LogP contribution in [-0.4, -0.2) is 38.7 Å². The van der Waals surface area contributed by atoms with Crippen molar-refractivity contribution < 1.29 is 0 Å². The Balaban J connectivity index is 1.61. The Morgan fingerprint density at radius 1 is 1.29 bits per heavy atom. The molecule has 1 aliphatic rings. The molecule has 6 heteroatoms. The molecular formula is C15H24N6. The molecule has 1 saturated heterocycles. The molecule has 2 aromatic rings. The van der Waals surface area contributed by atoms with Gasteiger partial charge in [0.2, 0.25) is 0 Å². The molecule has 1 aliphatic heterocycles. The molecule has 1 atom stereocenters. The number of anilines is 1. The minimum Gasteiger partial charge on any atom is -0.355 e. The molecule has 114 valence electrons. The van der Waals surface area contributed by atoms with E-state index < -0.39 is 0 Å². The second kappa shape index (κ2) is 5.89. The zero-order chi connectivity index (χ0) is 14.8. The number of nitrogens with one attached hydrogen (secondary N) is 1. The number of piperidine rings is 1. The number of rotatable bonds is 4. The zero-order valence-electron chi connectivity index (χ0n) is 13.1. The molecule has 6 nitrogen and oxygen atoms in total. The number of hydrogen-bond acceptors (Lipinski definition) is 4. The van der Waals surface area contributed by atoms with Crippen LogP contribution in [0.15, 0.2) is 18.5 Å². The first-order valence-corrected chi connectivity index (χ1v) is 7.59. The SMILES string of the molecule is Cc1cnn(C)c1CN[C@@H]1CCCN(c2ccnn2C)C1. The van der Waals surface area contributed by atoms with Crippen molar-refractivity contribution in [3.05, 3.63) is 29.7 Å². The van der Waals surface area contributed by atoms with Gasteiger partial charge in [-0.2, -0.15) is 10.2 Å². The highest BCUT2D eigenvalue weighted by molar-refractivity contribution is 5.38. The van der Waals surface area contributed by atoms with Gasteiger partial charge in [-0.1, -0.05) is 0 Å². The largest absolute Gasteiger partial charge is 0.355 e. The van der Waals surface area contributed by atoms with Crippen molar-refractivity contribution in [3.8, 4) is 0 Å². The molecule has 0 aromatic carbocycles. The van der Waals surface area contributed by atoms with Crippen LogP contribution in [-0.2, 0) is 20.6 Å². The van der Waals surface area contributed by atoms with Crippen LogP contribution in [0.1, 0.15) is 24.1 Å². The van der Waals surface area contributed by atoms with E-state index in [1.807, 2.05) is 35.9 Å². The number of nitrogens with zero attached hydrogens (tertiary/aromatic N) is 5. The van der Waals surface area contributed by atoms with Crippen molar-refractivity contribution in [2.24, 2.45) is 14.1 Å². The van der Waals surface area contributed by atoms with Crippen molar-refractivity contribution in [1.82, 2.24) is 24.9 Å². The molecular weight excluding hydrogens is 264 g/mol. The Hall–Kier alpha value is -1.82. The van der Waals surface area contributed by atoms with Crippen LogP contribution < -0.4 is 10.2 Å².